The third-order valence-corrected chi connectivity index (χ3v) is 3.92. The minimum atomic E-state index is 0.619. The van der Waals surface area contributed by atoms with E-state index in [1.807, 2.05) is 6.07 Å². The predicted molar refractivity (Wildman–Crippen MR) is 64.7 cm³/mol. The van der Waals surface area contributed by atoms with Crippen LogP contribution in [0, 0.1) is 5.41 Å². The molecule has 0 unspecified atom stereocenters. The van der Waals surface area contributed by atoms with Crippen LogP contribution in [0.15, 0.2) is 21.2 Å². The van der Waals surface area contributed by atoms with Crippen LogP contribution >= 0.6 is 15.9 Å². The number of rotatable bonds is 6. The van der Waals surface area contributed by atoms with E-state index in [9.17, 15) is 0 Å². The molecule has 1 aliphatic carbocycles. The SMILES string of the molecule is CCCC1(CNCc2occc2Br)CC1. The number of nitrogens with one attached hydrogen (secondary N) is 1. The van der Waals surface area contributed by atoms with Gasteiger partial charge in [-0.25, -0.2) is 0 Å². The van der Waals surface area contributed by atoms with Crippen LogP contribution in [0.25, 0.3) is 0 Å². The molecule has 0 aliphatic heterocycles. The van der Waals surface area contributed by atoms with E-state index < -0.39 is 0 Å². The van der Waals surface area contributed by atoms with Gasteiger partial charge in [-0.15, -0.1) is 0 Å². The molecule has 0 radical (unpaired) electrons. The second-order valence-electron chi connectivity index (χ2n) is 4.55. The lowest BCUT2D eigenvalue weighted by Gasteiger charge is -2.14. The van der Waals surface area contributed by atoms with Crippen LogP contribution in [0.1, 0.15) is 38.4 Å². The first-order valence-electron chi connectivity index (χ1n) is 5.68. The van der Waals surface area contributed by atoms with Crippen molar-refractivity contribution in [3.63, 3.8) is 0 Å². The van der Waals surface area contributed by atoms with Gasteiger partial charge in [0.1, 0.15) is 5.76 Å². The zero-order valence-corrected chi connectivity index (χ0v) is 10.8. The zero-order chi connectivity index (χ0) is 10.7. The van der Waals surface area contributed by atoms with E-state index in [1.54, 1.807) is 6.26 Å². The van der Waals surface area contributed by atoms with E-state index in [0.717, 1.165) is 23.3 Å². The van der Waals surface area contributed by atoms with E-state index in [1.165, 1.54) is 25.7 Å². The van der Waals surface area contributed by atoms with E-state index in [-0.39, 0.29) is 0 Å². The Morgan fingerprint density at radius 2 is 2.33 bits per heavy atom. The molecule has 2 rings (SSSR count). The van der Waals surface area contributed by atoms with Crippen molar-refractivity contribution in [2.45, 2.75) is 39.2 Å². The molecule has 0 bridgehead atoms. The maximum absolute atomic E-state index is 5.35. The Kier molecular flexibility index (Phi) is 3.52. The number of hydrogen-bond acceptors (Lipinski definition) is 2. The van der Waals surface area contributed by atoms with E-state index in [4.69, 9.17) is 4.42 Å². The number of halogens is 1. The first-order valence-corrected chi connectivity index (χ1v) is 6.48. The van der Waals surface area contributed by atoms with Crippen LogP contribution in [0.2, 0.25) is 0 Å². The quantitative estimate of drug-likeness (QED) is 0.854. The molecule has 0 aromatic carbocycles. The highest BCUT2D eigenvalue weighted by atomic mass is 79.9. The van der Waals surface area contributed by atoms with Gasteiger partial charge in [-0.3, -0.25) is 0 Å². The third kappa shape index (κ3) is 2.85. The second-order valence-corrected chi connectivity index (χ2v) is 5.40. The van der Waals surface area contributed by atoms with Crippen molar-refractivity contribution < 1.29 is 4.42 Å². The molecule has 1 aliphatic rings. The van der Waals surface area contributed by atoms with Crippen molar-refractivity contribution in [2.24, 2.45) is 5.41 Å². The maximum Gasteiger partial charge on any atom is 0.131 e. The molecule has 1 heterocycles. The average molecular weight is 272 g/mol. The smallest absolute Gasteiger partial charge is 0.131 e. The average Bonchev–Trinajstić information content (AvgIpc) is 2.85. The maximum atomic E-state index is 5.35. The van der Waals surface area contributed by atoms with Crippen LogP contribution in [0.3, 0.4) is 0 Å². The van der Waals surface area contributed by atoms with Gasteiger partial charge in [0.05, 0.1) is 17.3 Å². The fourth-order valence-electron chi connectivity index (χ4n) is 2.11. The third-order valence-electron chi connectivity index (χ3n) is 3.21. The highest BCUT2D eigenvalue weighted by molar-refractivity contribution is 9.10. The van der Waals surface area contributed by atoms with Crippen LogP contribution in [-0.2, 0) is 6.54 Å². The standard InChI is InChI=1S/C12H18BrNO/c1-2-4-12(5-6-12)9-14-8-11-10(13)3-7-15-11/h3,7,14H,2,4-6,8-9H2,1H3. The summed E-state index contributed by atoms with van der Waals surface area (Å²) in [5, 5.41) is 3.49. The lowest BCUT2D eigenvalue weighted by molar-refractivity contribution is 0.401. The zero-order valence-electron chi connectivity index (χ0n) is 9.18. The summed E-state index contributed by atoms with van der Waals surface area (Å²) in [4.78, 5) is 0. The van der Waals surface area contributed by atoms with Crippen LogP contribution in [0.5, 0.6) is 0 Å². The van der Waals surface area contributed by atoms with Crippen LogP contribution in [-0.4, -0.2) is 6.54 Å². The Bertz CT molecular complexity index is 317. The van der Waals surface area contributed by atoms with Gasteiger partial charge in [-0.2, -0.15) is 0 Å². The molecular formula is C12H18BrNO. The first kappa shape index (κ1) is 11.2. The van der Waals surface area contributed by atoms with Crippen LogP contribution < -0.4 is 5.32 Å². The van der Waals surface area contributed by atoms with Crippen LogP contribution in [0.4, 0.5) is 0 Å². The topological polar surface area (TPSA) is 25.2 Å². The molecule has 1 fully saturated rings. The number of furan rings is 1. The second kappa shape index (κ2) is 4.71. The minimum absolute atomic E-state index is 0.619. The summed E-state index contributed by atoms with van der Waals surface area (Å²) in [5.74, 6) is 1.00. The monoisotopic (exact) mass is 271 g/mol. The van der Waals surface area contributed by atoms with Gasteiger partial charge in [0.25, 0.3) is 0 Å². The first-order chi connectivity index (χ1) is 7.26. The van der Waals surface area contributed by atoms with Crippen molar-refractivity contribution in [2.75, 3.05) is 6.54 Å². The highest BCUT2D eigenvalue weighted by Crippen LogP contribution is 2.48. The van der Waals surface area contributed by atoms with E-state index in [0.29, 0.717) is 5.41 Å². The Hall–Kier alpha value is -0.280. The predicted octanol–water partition coefficient (Wildman–Crippen LogP) is 3.71. The molecule has 84 valence electrons. The summed E-state index contributed by atoms with van der Waals surface area (Å²) in [5.41, 5.74) is 0.619. The van der Waals surface area contributed by atoms with Crippen molar-refractivity contribution >= 4 is 15.9 Å². The molecule has 0 atom stereocenters. The minimum Gasteiger partial charge on any atom is -0.467 e. The largest absolute Gasteiger partial charge is 0.467 e. The van der Waals surface area contributed by atoms with Crippen molar-refractivity contribution in [1.82, 2.24) is 5.32 Å². The van der Waals surface area contributed by atoms with Gasteiger partial charge < -0.3 is 9.73 Å². The Labute approximate surface area is 99.6 Å². The summed E-state index contributed by atoms with van der Waals surface area (Å²) in [6.45, 7) is 4.23. The summed E-state index contributed by atoms with van der Waals surface area (Å²) >= 11 is 3.46. The van der Waals surface area contributed by atoms with E-state index in [2.05, 4.69) is 28.2 Å². The Morgan fingerprint density at radius 3 is 2.87 bits per heavy atom. The molecular weight excluding hydrogens is 254 g/mol. The molecule has 1 aromatic heterocycles. The Balaban J connectivity index is 1.73. The molecule has 3 heteroatoms. The fraction of sp³-hybridized carbons (Fsp3) is 0.667. The van der Waals surface area contributed by atoms with Gasteiger partial charge in [0, 0.05) is 6.54 Å². The summed E-state index contributed by atoms with van der Waals surface area (Å²) in [7, 11) is 0. The lowest BCUT2D eigenvalue weighted by atomic mass is 10.0. The molecule has 0 saturated heterocycles. The molecule has 1 saturated carbocycles. The van der Waals surface area contributed by atoms with E-state index >= 15 is 0 Å². The van der Waals surface area contributed by atoms with Gasteiger partial charge in [0.2, 0.25) is 0 Å². The summed E-state index contributed by atoms with van der Waals surface area (Å²) in [6.07, 6.45) is 7.17. The van der Waals surface area contributed by atoms with Gasteiger partial charge in [-0.1, -0.05) is 13.3 Å². The van der Waals surface area contributed by atoms with Gasteiger partial charge >= 0.3 is 0 Å². The summed E-state index contributed by atoms with van der Waals surface area (Å²) < 4.78 is 6.42. The number of hydrogen-bond donors (Lipinski definition) is 1. The lowest BCUT2D eigenvalue weighted by Crippen LogP contribution is -2.23. The molecule has 1 N–H and O–H groups in total. The molecule has 1 aromatic rings. The molecule has 15 heavy (non-hydrogen) atoms. The fourth-order valence-corrected chi connectivity index (χ4v) is 2.46. The molecule has 2 nitrogen and oxygen atoms in total. The van der Waals surface area contributed by atoms with Crippen molar-refractivity contribution in [3.05, 3.63) is 22.6 Å². The van der Waals surface area contributed by atoms with Crippen molar-refractivity contribution in [3.8, 4) is 0 Å². The summed E-state index contributed by atoms with van der Waals surface area (Å²) in [6, 6.07) is 1.94. The molecule has 0 spiro atoms. The van der Waals surface area contributed by atoms with Gasteiger partial charge in [-0.05, 0) is 46.7 Å². The normalized spacial score (nSPS) is 18.0. The Morgan fingerprint density at radius 1 is 1.53 bits per heavy atom. The highest BCUT2D eigenvalue weighted by Gasteiger charge is 2.40. The van der Waals surface area contributed by atoms with Gasteiger partial charge in [0.15, 0.2) is 0 Å². The molecule has 0 amide bonds. The van der Waals surface area contributed by atoms with Crippen molar-refractivity contribution in [1.29, 1.82) is 0 Å².